The Balaban J connectivity index is 2.39. The molecular formula is C11H14N2O4. The quantitative estimate of drug-likeness (QED) is 0.483. The number of hydrogen-bond donors (Lipinski definition) is 5. The highest BCUT2D eigenvalue weighted by Crippen LogP contribution is 2.33. The van der Waals surface area contributed by atoms with Crippen LogP contribution in [0.1, 0.15) is 6.42 Å². The number of allylic oxidation sites excluding steroid dienone is 3. The van der Waals surface area contributed by atoms with Crippen molar-refractivity contribution in [2.24, 2.45) is 5.73 Å². The Morgan fingerprint density at radius 3 is 2.88 bits per heavy atom. The Morgan fingerprint density at radius 1 is 1.41 bits per heavy atom. The third-order valence-corrected chi connectivity index (χ3v) is 2.49. The fourth-order valence-corrected chi connectivity index (χ4v) is 1.71. The van der Waals surface area contributed by atoms with Crippen LogP contribution in [0.3, 0.4) is 0 Å². The maximum atomic E-state index is 9.68. The van der Waals surface area contributed by atoms with Crippen LogP contribution in [0.25, 0.3) is 0 Å². The first-order valence-corrected chi connectivity index (χ1v) is 5.19. The van der Waals surface area contributed by atoms with Gasteiger partial charge in [-0.2, -0.15) is 0 Å². The van der Waals surface area contributed by atoms with E-state index in [4.69, 9.17) is 15.6 Å². The summed E-state index contributed by atoms with van der Waals surface area (Å²) in [5, 5.41) is 30.8. The number of hydrogen-bond acceptors (Lipinski definition) is 6. The average molecular weight is 238 g/mol. The fraction of sp³-hybridized carbons (Fsp3) is 0.273. The number of aliphatic hydroxyl groups is 3. The van der Waals surface area contributed by atoms with E-state index in [-0.39, 0.29) is 29.8 Å². The van der Waals surface area contributed by atoms with Crippen molar-refractivity contribution < 1.29 is 20.1 Å². The van der Waals surface area contributed by atoms with Crippen LogP contribution in [-0.2, 0) is 4.74 Å². The molecule has 1 aliphatic heterocycles. The Hall–Kier alpha value is -2.08. The lowest BCUT2D eigenvalue weighted by atomic mass is 9.99. The van der Waals surface area contributed by atoms with Gasteiger partial charge in [0.2, 0.25) is 5.76 Å². The third kappa shape index (κ3) is 2.07. The molecule has 0 saturated heterocycles. The Kier molecular flexibility index (Phi) is 2.97. The summed E-state index contributed by atoms with van der Waals surface area (Å²) in [6.45, 7) is 0.351. The largest absolute Gasteiger partial charge is 0.504 e. The summed E-state index contributed by atoms with van der Waals surface area (Å²) in [6, 6.07) is 0. The minimum Gasteiger partial charge on any atom is -0.504 e. The van der Waals surface area contributed by atoms with Crippen molar-refractivity contribution in [3.8, 4) is 0 Å². The van der Waals surface area contributed by atoms with E-state index in [0.29, 0.717) is 24.2 Å². The number of aliphatic hydroxyl groups excluding tert-OH is 3. The van der Waals surface area contributed by atoms with Crippen molar-refractivity contribution >= 4 is 0 Å². The zero-order chi connectivity index (χ0) is 12.4. The molecule has 6 nitrogen and oxygen atoms in total. The van der Waals surface area contributed by atoms with Crippen LogP contribution < -0.4 is 11.1 Å². The molecule has 0 unspecified atom stereocenters. The zero-order valence-electron chi connectivity index (χ0n) is 9.10. The van der Waals surface area contributed by atoms with Crippen LogP contribution in [0.15, 0.2) is 46.6 Å². The predicted molar refractivity (Wildman–Crippen MR) is 60.5 cm³/mol. The van der Waals surface area contributed by atoms with Crippen LogP contribution in [0, 0.1) is 0 Å². The minimum atomic E-state index is -0.328. The van der Waals surface area contributed by atoms with Crippen LogP contribution >= 0.6 is 0 Å². The second kappa shape index (κ2) is 4.42. The van der Waals surface area contributed by atoms with Crippen molar-refractivity contribution in [2.45, 2.75) is 6.42 Å². The molecule has 0 fully saturated rings. The molecule has 17 heavy (non-hydrogen) atoms. The van der Waals surface area contributed by atoms with Gasteiger partial charge in [-0.1, -0.05) is 0 Å². The van der Waals surface area contributed by atoms with Gasteiger partial charge in [0.25, 0.3) is 0 Å². The first-order valence-electron chi connectivity index (χ1n) is 5.19. The molecule has 0 aromatic carbocycles. The number of fused-ring (bicyclic) bond motifs is 1. The molecule has 1 heterocycles. The van der Waals surface area contributed by atoms with E-state index in [1.165, 1.54) is 6.08 Å². The van der Waals surface area contributed by atoms with Crippen LogP contribution in [0.4, 0.5) is 0 Å². The maximum absolute atomic E-state index is 9.68. The van der Waals surface area contributed by atoms with Crippen LogP contribution in [0.5, 0.6) is 0 Å². The highest BCUT2D eigenvalue weighted by molar-refractivity contribution is 5.48. The lowest BCUT2D eigenvalue weighted by Gasteiger charge is -2.24. The van der Waals surface area contributed by atoms with Gasteiger partial charge in [0.15, 0.2) is 17.4 Å². The summed E-state index contributed by atoms with van der Waals surface area (Å²) in [4.78, 5) is 0. The molecular weight excluding hydrogens is 224 g/mol. The van der Waals surface area contributed by atoms with Gasteiger partial charge in [0, 0.05) is 30.3 Å². The van der Waals surface area contributed by atoms with Crippen LogP contribution in [0.2, 0.25) is 0 Å². The molecule has 2 rings (SSSR count). The van der Waals surface area contributed by atoms with Gasteiger partial charge >= 0.3 is 0 Å². The molecule has 0 saturated carbocycles. The van der Waals surface area contributed by atoms with Gasteiger partial charge in [-0.15, -0.1) is 0 Å². The van der Waals surface area contributed by atoms with E-state index in [2.05, 4.69) is 5.32 Å². The lowest BCUT2D eigenvalue weighted by molar-refractivity contribution is 0.240. The molecule has 2 aliphatic rings. The Morgan fingerprint density at radius 2 is 2.18 bits per heavy atom. The summed E-state index contributed by atoms with van der Waals surface area (Å²) in [6.07, 6.45) is 3.48. The molecule has 0 amide bonds. The number of nitrogens with one attached hydrogen (secondary N) is 1. The number of nitrogens with two attached hydrogens (primary N) is 1. The van der Waals surface area contributed by atoms with Gasteiger partial charge in [-0.25, -0.2) is 0 Å². The molecule has 0 spiro atoms. The topological polar surface area (TPSA) is 108 Å². The molecule has 92 valence electrons. The predicted octanol–water partition coefficient (Wildman–Crippen LogP) is 0.268. The van der Waals surface area contributed by atoms with Crippen molar-refractivity contribution in [1.82, 2.24) is 5.32 Å². The van der Waals surface area contributed by atoms with Crippen molar-refractivity contribution in [3.05, 3.63) is 46.6 Å². The zero-order valence-corrected chi connectivity index (χ0v) is 9.10. The molecule has 0 bridgehead atoms. The lowest BCUT2D eigenvalue weighted by Crippen LogP contribution is -2.25. The van der Waals surface area contributed by atoms with Gasteiger partial charge in [-0.3, -0.25) is 0 Å². The van der Waals surface area contributed by atoms with E-state index in [9.17, 15) is 10.2 Å². The highest BCUT2D eigenvalue weighted by Gasteiger charge is 2.27. The van der Waals surface area contributed by atoms with Gasteiger partial charge in [0.1, 0.15) is 0 Å². The second-order valence-corrected chi connectivity index (χ2v) is 3.66. The van der Waals surface area contributed by atoms with Crippen molar-refractivity contribution in [2.75, 3.05) is 13.2 Å². The fourth-order valence-electron chi connectivity index (χ4n) is 1.71. The first kappa shape index (κ1) is 11.4. The molecule has 6 heteroatoms. The molecule has 0 atom stereocenters. The number of ether oxygens (including phenoxy) is 1. The molecule has 1 aliphatic carbocycles. The molecule has 6 N–H and O–H groups in total. The third-order valence-electron chi connectivity index (χ3n) is 2.49. The van der Waals surface area contributed by atoms with Gasteiger partial charge in [-0.05, 0) is 6.08 Å². The summed E-state index contributed by atoms with van der Waals surface area (Å²) in [5.74, 6) is -0.276. The SMILES string of the molecule is NC1=CC(NCCO)=C2CC=C(O)C(O)=C2O1. The molecule has 0 radical (unpaired) electrons. The Labute approximate surface area is 98.0 Å². The normalized spacial score (nSPS) is 19.4. The number of rotatable bonds is 3. The van der Waals surface area contributed by atoms with E-state index in [1.54, 1.807) is 6.08 Å². The molecule has 0 aromatic heterocycles. The summed E-state index contributed by atoms with van der Waals surface area (Å²) in [7, 11) is 0. The van der Waals surface area contributed by atoms with E-state index in [1.807, 2.05) is 0 Å². The summed E-state index contributed by atoms with van der Waals surface area (Å²) < 4.78 is 5.19. The second-order valence-electron chi connectivity index (χ2n) is 3.66. The monoisotopic (exact) mass is 238 g/mol. The summed E-state index contributed by atoms with van der Waals surface area (Å²) >= 11 is 0. The Bertz CT molecular complexity index is 460. The average Bonchev–Trinajstić information content (AvgIpc) is 2.31. The smallest absolute Gasteiger partial charge is 0.201 e. The van der Waals surface area contributed by atoms with E-state index < -0.39 is 0 Å². The highest BCUT2D eigenvalue weighted by atomic mass is 16.5. The first-order chi connectivity index (χ1) is 8.13. The van der Waals surface area contributed by atoms with E-state index in [0.717, 1.165) is 0 Å². The standard InChI is InChI=1S/C11H14N2O4/c12-9-5-7(13-3-4-14)6-1-2-8(15)10(16)11(6)17-9/h2,5,13-16H,1,3-4,12H2. The van der Waals surface area contributed by atoms with Crippen LogP contribution in [-0.4, -0.2) is 28.5 Å². The van der Waals surface area contributed by atoms with Gasteiger partial charge in [0.05, 0.1) is 6.61 Å². The summed E-state index contributed by atoms with van der Waals surface area (Å²) in [5.41, 5.74) is 6.94. The van der Waals surface area contributed by atoms with Gasteiger partial charge < -0.3 is 31.1 Å². The van der Waals surface area contributed by atoms with Crippen molar-refractivity contribution in [3.63, 3.8) is 0 Å². The van der Waals surface area contributed by atoms with Crippen molar-refractivity contribution in [1.29, 1.82) is 0 Å². The maximum Gasteiger partial charge on any atom is 0.201 e. The minimum absolute atomic E-state index is 0.0164. The van der Waals surface area contributed by atoms with E-state index >= 15 is 0 Å². The molecule has 0 aromatic rings.